The zero-order valence-electron chi connectivity index (χ0n) is 14.2. The van der Waals surface area contributed by atoms with Crippen molar-refractivity contribution in [2.75, 3.05) is 25.0 Å². The van der Waals surface area contributed by atoms with Gasteiger partial charge in [0.2, 0.25) is 5.91 Å². The molecule has 2 rings (SSSR count). The zero-order valence-corrected chi connectivity index (χ0v) is 14.2. The van der Waals surface area contributed by atoms with E-state index >= 15 is 0 Å². The molecule has 4 heteroatoms. The molecular formula is C18H28N2O2. The summed E-state index contributed by atoms with van der Waals surface area (Å²) in [7, 11) is 0. The minimum Gasteiger partial charge on any atom is -0.373 e. The number of benzene rings is 1. The van der Waals surface area contributed by atoms with Crippen LogP contribution in [0.1, 0.15) is 38.8 Å². The summed E-state index contributed by atoms with van der Waals surface area (Å²) < 4.78 is 5.72. The molecule has 0 bridgehead atoms. The number of hydrogen-bond donors (Lipinski definition) is 1. The molecule has 2 atom stereocenters. The van der Waals surface area contributed by atoms with Crippen LogP contribution in [0.5, 0.6) is 0 Å². The second-order valence-corrected chi connectivity index (χ2v) is 6.16. The van der Waals surface area contributed by atoms with Gasteiger partial charge < -0.3 is 10.1 Å². The molecule has 1 aromatic carbocycles. The average Bonchev–Trinajstić information content (AvgIpc) is 2.46. The highest BCUT2D eigenvalue weighted by Gasteiger charge is 2.24. The Balaban J connectivity index is 2.03. The van der Waals surface area contributed by atoms with Gasteiger partial charge in [-0.2, -0.15) is 0 Å². The molecule has 2 unspecified atom stereocenters. The van der Waals surface area contributed by atoms with E-state index in [2.05, 4.69) is 56.1 Å². The smallest absolute Gasteiger partial charge is 0.238 e. The molecule has 4 nitrogen and oxygen atoms in total. The van der Waals surface area contributed by atoms with Crippen molar-refractivity contribution in [3.05, 3.63) is 29.3 Å². The number of amides is 1. The van der Waals surface area contributed by atoms with Crippen LogP contribution < -0.4 is 5.32 Å². The van der Waals surface area contributed by atoms with Gasteiger partial charge in [0, 0.05) is 18.8 Å². The van der Waals surface area contributed by atoms with E-state index < -0.39 is 0 Å². The Morgan fingerprint density at radius 2 is 1.73 bits per heavy atom. The first-order chi connectivity index (χ1) is 10.5. The van der Waals surface area contributed by atoms with Crippen LogP contribution in [-0.4, -0.2) is 42.6 Å². The summed E-state index contributed by atoms with van der Waals surface area (Å²) in [5.74, 6) is 0.0666. The lowest BCUT2D eigenvalue weighted by Crippen LogP contribution is -2.48. The highest BCUT2D eigenvalue weighted by atomic mass is 16.5. The van der Waals surface area contributed by atoms with Crippen molar-refractivity contribution >= 4 is 11.6 Å². The van der Waals surface area contributed by atoms with Gasteiger partial charge in [0.15, 0.2) is 0 Å². The van der Waals surface area contributed by atoms with Crippen LogP contribution in [0.3, 0.4) is 0 Å². The molecule has 0 radical (unpaired) electrons. The van der Waals surface area contributed by atoms with Crippen LogP contribution in [0.25, 0.3) is 0 Å². The Hall–Kier alpha value is -1.39. The molecule has 1 fully saturated rings. The summed E-state index contributed by atoms with van der Waals surface area (Å²) in [6.07, 6.45) is 2.22. The third-order valence-corrected chi connectivity index (χ3v) is 4.13. The summed E-state index contributed by atoms with van der Waals surface area (Å²) in [5, 5.41) is 3.14. The second-order valence-electron chi connectivity index (χ2n) is 6.16. The lowest BCUT2D eigenvalue weighted by molar-refractivity contribution is -0.121. The number of ether oxygens (including phenoxy) is 1. The fourth-order valence-electron chi connectivity index (χ4n) is 3.20. The summed E-state index contributed by atoms with van der Waals surface area (Å²) in [6.45, 7) is 10.4. The number of aryl methyl sites for hydroxylation is 2. The summed E-state index contributed by atoms with van der Waals surface area (Å²) in [4.78, 5) is 14.6. The van der Waals surface area contributed by atoms with Gasteiger partial charge in [-0.25, -0.2) is 0 Å². The van der Waals surface area contributed by atoms with E-state index in [0.29, 0.717) is 6.54 Å². The first-order valence-corrected chi connectivity index (χ1v) is 8.31. The molecule has 1 saturated heterocycles. The first kappa shape index (κ1) is 17.0. The predicted octanol–water partition coefficient (Wildman–Crippen LogP) is 2.86. The monoisotopic (exact) mass is 304 g/mol. The minimum absolute atomic E-state index is 0.0666. The quantitative estimate of drug-likeness (QED) is 0.909. The molecule has 1 aliphatic rings. The van der Waals surface area contributed by atoms with E-state index in [-0.39, 0.29) is 18.1 Å². The fourth-order valence-corrected chi connectivity index (χ4v) is 3.20. The van der Waals surface area contributed by atoms with Gasteiger partial charge in [-0.15, -0.1) is 0 Å². The largest absolute Gasteiger partial charge is 0.373 e. The fraction of sp³-hybridized carbons (Fsp3) is 0.611. The van der Waals surface area contributed by atoms with Crippen LogP contribution in [0.2, 0.25) is 0 Å². The molecule has 0 aliphatic carbocycles. The van der Waals surface area contributed by atoms with Gasteiger partial charge in [-0.3, -0.25) is 9.69 Å². The van der Waals surface area contributed by atoms with E-state index in [4.69, 9.17) is 4.74 Å². The lowest BCUT2D eigenvalue weighted by atomic mass is 10.0. The number of para-hydroxylation sites is 1. The highest BCUT2D eigenvalue weighted by molar-refractivity contribution is 5.93. The maximum absolute atomic E-state index is 12.4. The third kappa shape index (κ3) is 4.31. The highest BCUT2D eigenvalue weighted by Crippen LogP contribution is 2.22. The van der Waals surface area contributed by atoms with Crippen molar-refractivity contribution in [2.45, 2.75) is 52.7 Å². The number of hydrogen-bond acceptors (Lipinski definition) is 3. The molecular weight excluding hydrogens is 276 g/mol. The van der Waals surface area contributed by atoms with Gasteiger partial charge in [0.25, 0.3) is 0 Å². The Morgan fingerprint density at radius 1 is 1.18 bits per heavy atom. The summed E-state index contributed by atoms with van der Waals surface area (Å²) in [5.41, 5.74) is 3.42. The molecule has 1 amide bonds. The zero-order chi connectivity index (χ0) is 16.1. The lowest BCUT2D eigenvalue weighted by Gasteiger charge is -2.34. The standard InChI is InChI=1S/C18H28N2O2/c1-5-15-8-7-9-16(6-2)18(15)19-17(21)12-20-10-13(3)22-14(4)11-20/h7-9,13-14H,5-6,10-12H2,1-4H3,(H,19,21). The molecule has 1 aliphatic heterocycles. The van der Waals surface area contributed by atoms with Gasteiger partial charge in [0.05, 0.1) is 18.8 Å². The Morgan fingerprint density at radius 3 is 2.23 bits per heavy atom. The maximum atomic E-state index is 12.4. The summed E-state index contributed by atoms with van der Waals surface area (Å²) in [6, 6.07) is 6.25. The van der Waals surface area contributed by atoms with Gasteiger partial charge in [-0.1, -0.05) is 32.0 Å². The minimum atomic E-state index is 0.0666. The van der Waals surface area contributed by atoms with Gasteiger partial charge in [-0.05, 0) is 37.8 Å². The molecule has 22 heavy (non-hydrogen) atoms. The van der Waals surface area contributed by atoms with Crippen molar-refractivity contribution in [1.82, 2.24) is 4.90 Å². The topological polar surface area (TPSA) is 41.6 Å². The third-order valence-electron chi connectivity index (χ3n) is 4.13. The van der Waals surface area contributed by atoms with Gasteiger partial charge >= 0.3 is 0 Å². The Kier molecular flexibility index (Phi) is 5.98. The summed E-state index contributed by atoms with van der Waals surface area (Å²) >= 11 is 0. The van der Waals surface area contributed by atoms with Crippen molar-refractivity contribution < 1.29 is 9.53 Å². The van der Waals surface area contributed by atoms with E-state index in [1.54, 1.807) is 0 Å². The molecule has 0 aromatic heterocycles. The SMILES string of the molecule is CCc1cccc(CC)c1NC(=O)CN1CC(C)OC(C)C1. The van der Waals surface area contributed by atoms with Crippen molar-refractivity contribution in [3.8, 4) is 0 Å². The average molecular weight is 304 g/mol. The molecule has 1 heterocycles. The van der Waals surface area contributed by atoms with E-state index in [9.17, 15) is 4.79 Å². The Bertz CT molecular complexity index is 484. The number of nitrogens with one attached hydrogen (secondary N) is 1. The van der Waals surface area contributed by atoms with Crippen LogP contribution >= 0.6 is 0 Å². The van der Waals surface area contributed by atoms with E-state index in [1.807, 2.05) is 0 Å². The van der Waals surface area contributed by atoms with Crippen LogP contribution in [-0.2, 0) is 22.4 Å². The molecule has 1 N–H and O–H groups in total. The second kappa shape index (κ2) is 7.75. The number of morpholine rings is 1. The maximum Gasteiger partial charge on any atom is 0.238 e. The predicted molar refractivity (Wildman–Crippen MR) is 90.3 cm³/mol. The van der Waals surface area contributed by atoms with E-state index in [0.717, 1.165) is 31.6 Å². The number of carbonyl (C=O) groups is 1. The number of carbonyl (C=O) groups excluding carboxylic acids is 1. The normalized spacial score (nSPS) is 22.5. The molecule has 0 spiro atoms. The van der Waals surface area contributed by atoms with Gasteiger partial charge in [0.1, 0.15) is 0 Å². The first-order valence-electron chi connectivity index (χ1n) is 8.31. The van der Waals surface area contributed by atoms with Crippen molar-refractivity contribution in [3.63, 3.8) is 0 Å². The van der Waals surface area contributed by atoms with Crippen molar-refractivity contribution in [2.24, 2.45) is 0 Å². The molecule has 1 aromatic rings. The number of anilines is 1. The van der Waals surface area contributed by atoms with Crippen LogP contribution in [0, 0.1) is 0 Å². The van der Waals surface area contributed by atoms with Crippen molar-refractivity contribution in [1.29, 1.82) is 0 Å². The number of rotatable bonds is 5. The molecule has 0 saturated carbocycles. The molecule has 122 valence electrons. The number of nitrogens with zero attached hydrogens (tertiary/aromatic N) is 1. The van der Waals surface area contributed by atoms with Crippen LogP contribution in [0.4, 0.5) is 5.69 Å². The van der Waals surface area contributed by atoms with E-state index in [1.165, 1.54) is 11.1 Å². The van der Waals surface area contributed by atoms with Crippen LogP contribution in [0.15, 0.2) is 18.2 Å². The Labute approximate surface area is 133 Å².